The largest absolute Gasteiger partial charge is 0.482 e. The van der Waals surface area contributed by atoms with Crippen molar-refractivity contribution in [3.05, 3.63) is 82.7 Å². The fourth-order valence-corrected chi connectivity index (χ4v) is 3.99. The van der Waals surface area contributed by atoms with Crippen LogP contribution in [0.4, 0.5) is 0 Å². The van der Waals surface area contributed by atoms with Crippen LogP contribution in [0.15, 0.2) is 60.3 Å². The molecule has 28 heavy (non-hydrogen) atoms. The maximum atomic E-state index is 6.21. The first kappa shape index (κ1) is 20.5. The van der Waals surface area contributed by atoms with Crippen molar-refractivity contribution in [2.75, 3.05) is 0 Å². The van der Waals surface area contributed by atoms with Gasteiger partial charge in [-0.05, 0) is 55.7 Å². The molecule has 4 nitrogen and oxygen atoms in total. The van der Waals surface area contributed by atoms with Crippen LogP contribution in [-0.4, -0.2) is 14.8 Å². The summed E-state index contributed by atoms with van der Waals surface area (Å²) in [5.41, 5.74) is 3.49. The number of hydrogen-bond acceptors (Lipinski definition) is 4. The molecule has 2 aromatic carbocycles. The molecule has 146 valence electrons. The van der Waals surface area contributed by atoms with E-state index in [2.05, 4.69) is 47.3 Å². The molecule has 0 amide bonds. The Kier molecular flexibility index (Phi) is 6.81. The molecule has 1 aromatic heterocycles. The summed E-state index contributed by atoms with van der Waals surface area (Å²) in [4.78, 5) is 0. The van der Waals surface area contributed by atoms with E-state index in [9.17, 15) is 0 Å². The quantitative estimate of drug-likeness (QED) is 0.327. The average molecular weight is 414 g/mol. The van der Waals surface area contributed by atoms with Gasteiger partial charge in [0, 0.05) is 17.3 Å². The van der Waals surface area contributed by atoms with Crippen LogP contribution in [0.2, 0.25) is 5.02 Å². The Morgan fingerprint density at radius 1 is 1.21 bits per heavy atom. The van der Waals surface area contributed by atoms with Crippen LogP contribution in [0, 0.1) is 13.8 Å². The number of nitrogens with zero attached hydrogens (tertiary/aromatic N) is 3. The minimum Gasteiger partial charge on any atom is -0.482 e. The van der Waals surface area contributed by atoms with E-state index >= 15 is 0 Å². The lowest BCUT2D eigenvalue weighted by molar-refractivity contribution is 0.209. The predicted molar refractivity (Wildman–Crippen MR) is 116 cm³/mol. The molecule has 0 spiro atoms. The summed E-state index contributed by atoms with van der Waals surface area (Å²) >= 11 is 7.71. The lowest BCUT2D eigenvalue weighted by Gasteiger charge is -2.18. The minimum atomic E-state index is -0.228. The minimum absolute atomic E-state index is 0.228. The van der Waals surface area contributed by atoms with Gasteiger partial charge in [-0.15, -0.1) is 16.8 Å². The fraction of sp³-hybridized carbons (Fsp3) is 0.273. The van der Waals surface area contributed by atoms with Crippen LogP contribution in [0.25, 0.3) is 0 Å². The molecule has 0 radical (unpaired) electrons. The summed E-state index contributed by atoms with van der Waals surface area (Å²) in [6, 6.07) is 13.9. The van der Waals surface area contributed by atoms with Crippen LogP contribution >= 0.6 is 23.4 Å². The maximum absolute atomic E-state index is 6.21. The van der Waals surface area contributed by atoms with E-state index in [1.165, 1.54) is 5.56 Å². The van der Waals surface area contributed by atoms with Crippen molar-refractivity contribution in [3.8, 4) is 5.75 Å². The molecule has 0 saturated heterocycles. The van der Waals surface area contributed by atoms with E-state index in [1.54, 1.807) is 11.8 Å². The Labute approximate surface area is 175 Å². The summed E-state index contributed by atoms with van der Waals surface area (Å²) in [6.07, 6.45) is 1.62. The summed E-state index contributed by atoms with van der Waals surface area (Å²) in [5.74, 6) is 2.42. The third-order valence-corrected chi connectivity index (χ3v) is 5.81. The maximum Gasteiger partial charge on any atom is 0.191 e. The molecule has 1 unspecified atom stereocenters. The van der Waals surface area contributed by atoms with E-state index in [0.717, 1.165) is 38.6 Å². The van der Waals surface area contributed by atoms with Gasteiger partial charge in [-0.25, -0.2) is 0 Å². The number of allylic oxidation sites excluding steroid dienone is 1. The molecule has 3 rings (SSSR count). The van der Waals surface area contributed by atoms with Gasteiger partial charge in [0.05, 0.1) is 0 Å². The van der Waals surface area contributed by atoms with Gasteiger partial charge in [0.1, 0.15) is 5.75 Å². The molecular formula is C22H24ClN3OS. The van der Waals surface area contributed by atoms with Gasteiger partial charge in [-0.1, -0.05) is 53.7 Å². The zero-order valence-electron chi connectivity index (χ0n) is 16.4. The fourth-order valence-electron chi connectivity index (χ4n) is 2.88. The second kappa shape index (κ2) is 9.30. The van der Waals surface area contributed by atoms with E-state index < -0.39 is 0 Å². The van der Waals surface area contributed by atoms with Gasteiger partial charge < -0.3 is 4.74 Å². The lowest BCUT2D eigenvalue weighted by Crippen LogP contribution is -2.12. The second-order valence-corrected chi connectivity index (χ2v) is 8.00. The van der Waals surface area contributed by atoms with Crippen LogP contribution in [0.1, 0.15) is 35.5 Å². The number of hydrogen-bond donors (Lipinski definition) is 0. The number of rotatable bonds is 8. The number of aromatic nitrogens is 3. The van der Waals surface area contributed by atoms with Gasteiger partial charge >= 0.3 is 0 Å². The molecule has 0 bridgehead atoms. The van der Waals surface area contributed by atoms with Crippen molar-refractivity contribution < 1.29 is 4.74 Å². The third kappa shape index (κ3) is 4.78. The zero-order chi connectivity index (χ0) is 20.1. The van der Waals surface area contributed by atoms with Gasteiger partial charge in [0.2, 0.25) is 0 Å². The number of benzene rings is 2. The van der Waals surface area contributed by atoms with E-state index in [0.29, 0.717) is 6.54 Å². The van der Waals surface area contributed by atoms with Crippen molar-refractivity contribution in [1.29, 1.82) is 0 Å². The molecule has 0 saturated carbocycles. The molecule has 0 aliphatic carbocycles. The molecule has 1 atom stereocenters. The summed E-state index contributed by atoms with van der Waals surface area (Å²) in [7, 11) is 0. The zero-order valence-corrected chi connectivity index (χ0v) is 17.9. The van der Waals surface area contributed by atoms with E-state index in [1.807, 2.05) is 43.3 Å². The van der Waals surface area contributed by atoms with E-state index in [4.69, 9.17) is 16.3 Å². The highest BCUT2D eigenvalue weighted by atomic mass is 35.5. The highest BCUT2D eigenvalue weighted by Gasteiger charge is 2.20. The molecule has 0 N–H and O–H groups in total. The summed E-state index contributed by atoms with van der Waals surface area (Å²) in [5, 5.41) is 10.4. The topological polar surface area (TPSA) is 39.9 Å². The van der Waals surface area contributed by atoms with Gasteiger partial charge in [0.25, 0.3) is 0 Å². The smallest absolute Gasteiger partial charge is 0.191 e. The average Bonchev–Trinajstić information content (AvgIpc) is 3.07. The Hall–Kier alpha value is -2.24. The second-order valence-electron chi connectivity index (χ2n) is 6.62. The summed E-state index contributed by atoms with van der Waals surface area (Å²) in [6.45, 7) is 10.6. The van der Waals surface area contributed by atoms with Gasteiger partial charge in [-0.3, -0.25) is 4.57 Å². The standard InChI is InChI=1S/C22H24ClN3OS/c1-5-12-26-21(17(4)27-20-11-6-8-15(2)16(20)3)24-25-22(26)28-14-18-9-7-10-19(23)13-18/h5-11,13,17H,1,12,14H2,2-4H3. The van der Waals surface area contributed by atoms with Crippen LogP contribution < -0.4 is 4.74 Å². The SMILES string of the molecule is C=CCn1c(SCc2cccc(Cl)c2)nnc1C(C)Oc1cccc(C)c1C. The Morgan fingerprint density at radius 2 is 2.00 bits per heavy atom. The molecule has 0 aliphatic rings. The number of aryl methyl sites for hydroxylation is 1. The third-order valence-electron chi connectivity index (χ3n) is 4.54. The number of thioether (sulfide) groups is 1. The first-order valence-electron chi connectivity index (χ1n) is 9.13. The van der Waals surface area contributed by atoms with Gasteiger partial charge in [0.15, 0.2) is 17.1 Å². The summed E-state index contributed by atoms with van der Waals surface area (Å²) < 4.78 is 8.26. The van der Waals surface area contributed by atoms with Crippen molar-refractivity contribution in [2.45, 2.75) is 44.3 Å². The highest BCUT2D eigenvalue weighted by Crippen LogP contribution is 2.29. The monoisotopic (exact) mass is 413 g/mol. The molecule has 0 fully saturated rings. The number of ether oxygens (including phenoxy) is 1. The number of halogens is 1. The molecule has 6 heteroatoms. The normalized spacial score (nSPS) is 12.0. The molecule has 0 aliphatic heterocycles. The van der Waals surface area contributed by atoms with Crippen molar-refractivity contribution in [3.63, 3.8) is 0 Å². The van der Waals surface area contributed by atoms with Crippen LogP contribution in [-0.2, 0) is 12.3 Å². The van der Waals surface area contributed by atoms with Crippen molar-refractivity contribution >= 4 is 23.4 Å². The van der Waals surface area contributed by atoms with Crippen molar-refractivity contribution in [1.82, 2.24) is 14.8 Å². The van der Waals surface area contributed by atoms with Crippen molar-refractivity contribution in [2.24, 2.45) is 0 Å². The molecule has 3 aromatic rings. The van der Waals surface area contributed by atoms with Crippen LogP contribution in [0.5, 0.6) is 5.75 Å². The lowest BCUT2D eigenvalue weighted by atomic mass is 10.1. The first-order valence-corrected chi connectivity index (χ1v) is 10.5. The van der Waals surface area contributed by atoms with E-state index in [-0.39, 0.29) is 6.10 Å². The Balaban J connectivity index is 1.79. The highest BCUT2D eigenvalue weighted by molar-refractivity contribution is 7.98. The Bertz CT molecular complexity index is 970. The predicted octanol–water partition coefficient (Wildman–Crippen LogP) is 6.17. The first-order chi connectivity index (χ1) is 13.5. The van der Waals surface area contributed by atoms with Crippen LogP contribution in [0.3, 0.4) is 0 Å². The molecular weight excluding hydrogens is 390 g/mol. The Morgan fingerprint density at radius 3 is 2.75 bits per heavy atom. The van der Waals surface area contributed by atoms with Gasteiger partial charge in [-0.2, -0.15) is 0 Å². The molecule has 1 heterocycles.